The van der Waals surface area contributed by atoms with Crippen molar-refractivity contribution in [3.8, 4) is 5.75 Å². The van der Waals surface area contributed by atoms with E-state index in [0.29, 0.717) is 16.5 Å². The Kier molecular flexibility index (Phi) is 7.14. The number of nitrogens with zero attached hydrogens (tertiary/aromatic N) is 1. The van der Waals surface area contributed by atoms with E-state index in [1.165, 1.54) is 59.9 Å². The highest BCUT2D eigenvalue weighted by Gasteiger charge is 2.15. The zero-order valence-corrected chi connectivity index (χ0v) is 17.6. The fourth-order valence-electron chi connectivity index (χ4n) is 2.42. The van der Waals surface area contributed by atoms with Crippen molar-refractivity contribution in [3.05, 3.63) is 76.0 Å². The summed E-state index contributed by atoms with van der Waals surface area (Å²) >= 11 is 1.35. The average molecular weight is 451 g/mol. The molecule has 1 aromatic heterocycles. The Morgan fingerprint density at radius 2 is 1.80 bits per heavy atom. The molecule has 3 rings (SSSR count). The minimum atomic E-state index is -3.57. The molecule has 0 amide bonds. The van der Waals surface area contributed by atoms with Gasteiger partial charge in [-0.25, -0.2) is 27.3 Å². The lowest BCUT2D eigenvalue weighted by Gasteiger charge is -2.06. The highest BCUT2D eigenvalue weighted by atomic mass is 32.2. The summed E-state index contributed by atoms with van der Waals surface area (Å²) in [5.41, 5.74) is 0.804. The summed E-state index contributed by atoms with van der Waals surface area (Å²) in [7, 11) is -3.57. The number of halogens is 1. The van der Waals surface area contributed by atoms with Crippen LogP contribution < -0.4 is 9.46 Å². The number of hydrogen-bond donors (Lipinski definition) is 1. The van der Waals surface area contributed by atoms with E-state index in [-0.39, 0.29) is 36.0 Å². The second-order valence-corrected chi connectivity index (χ2v) is 8.79. The summed E-state index contributed by atoms with van der Waals surface area (Å²) in [6, 6.07) is 11.2. The van der Waals surface area contributed by atoms with E-state index in [2.05, 4.69) is 9.71 Å². The number of thiazole rings is 1. The van der Waals surface area contributed by atoms with E-state index in [4.69, 9.17) is 9.47 Å². The van der Waals surface area contributed by atoms with Crippen LogP contribution in [0.3, 0.4) is 0 Å². The van der Waals surface area contributed by atoms with Gasteiger partial charge in [0.25, 0.3) is 0 Å². The molecule has 7 nitrogen and oxygen atoms in total. The topological polar surface area (TPSA) is 94.6 Å². The molecule has 30 heavy (non-hydrogen) atoms. The molecule has 0 unspecified atom stereocenters. The van der Waals surface area contributed by atoms with Crippen molar-refractivity contribution in [2.75, 3.05) is 6.54 Å². The van der Waals surface area contributed by atoms with Crippen molar-refractivity contribution in [3.63, 3.8) is 0 Å². The molecule has 2 aromatic carbocycles. The van der Waals surface area contributed by atoms with E-state index in [0.717, 1.165) is 0 Å². The molecule has 10 heteroatoms. The number of hydrogen-bond acceptors (Lipinski definition) is 7. The Morgan fingerprint density at radius 3 is 2.47 bits per heavy atom. The maximum Gasteiger partial charge on any atom is 0.338 e. The van der Waals surface area contributed by atoms with Gasteiger partial charge in [-0.2, -0.15) is 0 Å². The minimum Gasteiger partial charge on any atom is -0.486 e. The van der Waals surface area contributed by atoms with Gasteiger partial charge >= 0.3 is 5.97 Å². The Morgan fingerprint density at radius 1 is 1.10 bits per heavy atom. The number of nitrogens with one attached hydrogen (secondary N) is 1. The lowest BCUT2D eigenvalue weighted by atomic mass is 10.2. The first-order valence-corrected chi connectivity index (χ1v) is 11.3. The van der Waals surface area contributed by atoms with E-state index >= 15 is 0 Å². The highest BCUT2D eigenvalue weighted by Crippen LogP contribution is 2.17. The van der Waals surface area contributed by atoms with Crippen molar-refractivity contribution in [2.24, 2.45) is 0 Å². The summed E-state index contributed by atoms with van der Waals surface area (Å²) in [5, 5.41) is 2.44. The van der Waals surface area contributed by atoms with Crippen molar-refractivity contribution in [1.29, 1.82) is 0 Å². The number of rotatable bonds is 9. The molecule has 1 heterocycles. The second kappa shape index (κ2) is 9.79. The second-order valence-electron chi connectivity index (χ2n) is 6.08. The van der Waals surface area contributed by atoms with E-state index in [9.17, 15) is 17.6 Å². The first-order chi connectivity index (χ1) is 14.4. The predicted octanol–water partition coefficient (Wildman–Crippen LogP) is 3.52. The quantitative estimate of drug-likeness (QED) is 0.502. The number of aromatic nitrogens is 1. The van der Waals surface area contributed by atoms with Gasteiger partial charge in [-0.05, 0) is 48.5 Å². The van der Waals surface area contributed by atoms with Gasteiger partial charge in [0.05, 0.1) is 16.2 Å². The molecular weight excluding hydrogens is 431 g/mol. The maximum absolute atomic E-state index is 12.9. The van der Waals surface area contributed by atoms with Gasteiger partial charge in [-0.15, -0.1) is 11.3 Å². The van der Waals surface area contributed by atoms with Crippen LogP contribution >= 0.6 is 11.3 Å². The molecule has 0 saturated carbocycles. The molecule has 158 valence electrons. The molecule has 0 aliphatic carbocycles. The molecule has 0 spiro atoms. The molecule has 0 aliphatic heterocycles. The van der Waals surface area contributed by atoms with Crippen LogP contribution in [0.1, 0.15) is 28.0 Å². The molecule has 1 N–H and O–H groups in total. The number of benzene rings is 2. The van der Waals surface area contributed by atoms with E-state index in [1.807, 2.05) is 0 Å². The van der Waals surface area contributed by atoms with Crippen LogP contribution in [0.5, 0.6) is 5.75 Å². The molecule has 0 fully saturated rings. The van der Waals surface area contributed by atoms with Crippen molar-refractivity contribution in [2.45, 2.75) is 25.0 Å². The molecule has 0 radical (unpaired) electrons. The summed E-state index contributed by atoms with van der Waals surface area (Å²) in [6.45, 7) is 2.15. The average Bonchev–Trinajstić information content (AvgIpc) is 3.19. The van der Waals surface area contributed by atoms with Crippen LogP contribution in [0.2, 0.25) is 0 Å². The molecular formula is C20H19FN2O5S2. The highest BCUT2D eigenvalue weighted by molar-refractivity contribution is 7.89. The normalized spacial score (nSPS) is 11.3. The smallest absolute Gasteiger partial charge is 0.338 e. The first-order valence-electron chi connectivity index (χ1n) is 8.96. The van der Waals surface area contributed by atoms with Crippen molar-refractivity contribution >= 4 is 27.3 Å². The van der Waals surface area contributed by atoms with Crippen LogP contribution in [0, 0.1) is 5.82 Å². The molecule has 0 aliphatic rings. The Hall–Kier alpha value is -2.82. The number of carbonyl (C=O) groups is 1. The molecule has 0 atom stereocenters. The van der Waals surface area contributed by atoms with Crippen LogP contribution in [0.4, 0.5) is 4.39 Å². The fraction of sp³-hybridized carbons (Fsp3) is 0.200. The van der Waals surface area contributed by atoms with Crippen LogP contribution in [0.15, 0.2) is 58.8 Å². The molecule has 0 bridgehead atoms. The van der Waals surface area contributed by atoms with Gasteiger partial charge in [-0.3, -0.25) is 0 Å². The van der Waals surface area contributed by atoms with Crippen LogP contribution in [-0.2, 0) is 28.0 Å². The first kappa shape index (κ1) is 21.9. The Bertz CT molecular complexity index is 1100. The standard InChI is InChI=1S/C20H19FN2O5S2/c1-2-22-30(25,26)18-9-3-14(4-10-18)20(24)28-11-16-13-29-19(23-16)12-27-17-7-5-15(21)6-8-17/h3-10,13,22H,2,11-12H2,1H3. The van der Waals surface area contributed by atoms with Gasteiger partial charge in [0.1, 0.15) is 29.8 Å². The third-order valence-corrected chi connectivity index (χ3v) is 6.29. The minimum absolute atomic E-state index is 0.0245. The lowest BCUT2D eigenvalue weighted by molar-refractivity contribution is 0.0468. The van der Waals surface area contributed by atoms with Crippen LogP contribution in [0.25, 0.3) is 0 Å². The third kappa shape index (κ3) is 5.85. The zero-order valence-electron chi connectivity index (χ0n) is 16.0. The number of sulfonamides is 1. The Balaban J connectivity index is 1.52. The fourth-order valence-corrected chi connectivity index (χ4v) is 4.15. The Labute approximate surface area is 177 Å². The van der Waals surface area contributed by atoms with Crippen molar-refractivity contribution < 1.29 is 27.1 Å². The number of esters is 1. The predicted molar refractivity (Wildman–Crippen MR) is 109 cm³/mol. The number of carbonyl (C=O) groups excluding carboxylic acids is 1. The largest absolute Gasteiger partial charge is 0.486 e. The number of ether oxygens (including phenoxy) is 2. The van der Waals surface area contributed by atoms with Gasteiger partial charge in [-0.1, -0.05) is 6.92 Å². The zero-order chi connectivity index (χ0) is 21.6. The summed E-state index contributed by atoms with van der Waals surface area (Å²) in [6.07, 6.45) is 0. The van der Waals surface area contributed by atoms with Gasteiger partial charge < -0.3 is 9.47 Å². The third-order valence-electron chi connectivity index (χ3n) is 3.86. The summed E-state index contributed by atoms with van der Waals surface area (Å²) in [5.74, 6) is -0.395. The van der Waals surface area contributed by atoms with E-state index in [1.54, 1.807) is 12.3 Å². The van der Waals surface area contributed by atoms with Gasteiger partial charge in [0.15, 0.2) is 0 Å². The monoisotopic (exact) mass is 450 g/mol. The van der Waals surface area contributed by atoms with Gasteiger partial charge in [0.2, 0.25) is 10.0 Å². The van der Waals surface area contributed by atoms with E-state index < -0.39 is 16.0 Å². The maximum atomic E-state index is 12.9. The summed E-state index contributed by atoms with van der Waals surface area (Å²) < 4.78 is 49.9. The van der Waals surface area contributed by atoms with Crippen LogP contribution in [-0.4, -0.2) is 25.9 Å². The molecule has 3 aromatic rings. The SMILES string of the molecule is CCNS(=O)(=O)c1ccc(C(=O)OCc2csc(COc3ccc(F)cc3)n2)cc1. The summed E-state index contributed by atoms with van der Waals surface area (Å²) in [4.78, 5) is 16.6. The lowest BCUT2D eigenvalue weighted by Crippen LogP contribution is -2.23. The van der Waals surface area contributed by atoms with Crippen molar-refractivity contribution in [1.82, 2.24) is 9.71 Å². The van der Waals surface area contributed by atoms with Gasteiger partial charge in [0, 0.05) is 11.9 Å². The molecule has 0 saturated heterocycles.